The van der Waals surface area contributed by atoms with Crippen LogP contribution >= 0.6 is 23.4 Å². The predicted octanol–water partition coefficient (Wildman–Crippen LogP) is 4.51. The highest BCUT2D eigenvalue weighted by molar-refractivity contribution is 8.00. The van der Waals surface area contributed by atoms with E-state index in [1.807, 2.05) is 61.8 Å². The van der Waals surface area contributed by atoms with Crippen molar-refractivity contribution in [3.05, 3.63) is 70.0 Å². The van der Waals surface area contributed by atoms with Gasteiger partial charge < -0.3 is 10.7 Å². The lowest BCUT2D eigenvalue weighted by molar-refractivity contribution is -0.116. The van der Waals surface area contributed by atoms with Crippen LogP contribution in [-0.4, -0.2) is 26.0 Å². The number of hydrogen-bond donors (Lipinski definition) is 2. The molecule has 1 amide bonds. The number of fused-ring (bicyclic) bond motifs is 1. The first kappa shape index (κ1) is 19.8. The molecule has 2 heterocycles. The summed E-state index contributed by atoms with van der Waals surface area (Å²) in [4.78, 5) is 13.3. The predicted molar refractivity (Wildman–Crippen MR) is 117 cm³/mol. The molecule has 2 aromatic carbocycles. The molecule has 3 aromatic rings. The number of carbonyl (C=O) groups excluding carboxylic acids is 1. The molecule has 0 radical (unpaired) electrons. The van der Waals surface area contributed by atoms with Crippen molar-refractivity contribution in [3.8, 4) is 0 Å². The Hall–Kier alpha value is -2.51. The molecule has 0 bridgehead atoms. The number of aryl methyl sites for hydroxylation is 3. The molecule has 29 heavy (non-hydrogen) atoms. The number of aromatic nitrogens is 3. The van der Waals surface area contributed by atoms with Crippen molar-refractivity contribution in [2.45, 2.75) is 43.6 Å². The van der Waals surface area contributed by atoms with Crippen molar-refractivity contribution in [2.24, 2.45) is 0 Å². The number of halogens is 1. The second-order valence-corrected chi connectivity index (χ2v) is 8.64. The van der Waals surface area contributed by atoms with Gasteiger partial charge in [-0.05, 0) is 43.2 Å². The number of amides is 1. The topological polar surface area (TPSA) is 71.8 Å². The van der Waals surface area contributed by atoms with Crippen LogP contribution in [0.15, 0.2) is 47.6 Å². The fourth-order valence-corrected chi connectivity index (χ4v) is 4.63. The minimum atomic E-state index is -0.418. The van der Waals surface area contributed by atoms with Gasteiger partial charge in [0.25, 0.3) is 0 Å². The van der Waals surface area contributed by atoms with E-state index < -0.39 is 5.25 Å². The van der Waals surface area contributed by atoms with Crippen molar-refractivity contribution in [1.82, 2.24) is 14.9 Å². The molecule has 0 saturated heterocycles. The van der Waals surface area contributed by atoms with E-state index in [-0.39, 0.29) is 11.9 Å². The van der Waals surface area contributed by atoms with Crippen LogP contribution in [0.2, 0.25) is 5.02 Å². The van der Waals surface area contributed by atoms with Crippen LogP contribution in [0, 0.1) is 13.8 Å². The van der Waals surface area contributed by atoms with Crippen LogP contribution in [0.3, 0.4) is 0 Å². The van der Waals surface area contributed by atoms with E-state index in [2.05, 4.69) is 27.0 Å². The van der Waals surface area contributed by atoms with Gasteiger partial charge in [0.05, 0.1) is 6.04 Å². The summed E-state index contributed by atoms with van der Waals surface area (Å²) in [7, 11) is 0. The number of carbonyl (C=O) groups is 1. The van der Waals surface area contributed by atoms with Gasteiger partial charge in [0, 0.05) is 17.1 Å². The van der Waals surface area contributed by atoms with Crippen LogP contribution in [0.1, 0.15) is 35.5 Å². The van der Waals surface area contributed by atoms with E-state index in [0.717, 1.165) is 34.6 Å². The number of nitrogens with one attached hydrogen (secondary N) is 2. The minimum Gasteiger partial charge on any atom is -0.325 e. The van der Waals surface area contributed by atoms with Crippen LogP contribution in [0.4, 0.5) is 5.69 Å². The monoisotopic (exact) mass is 427 g/mol. The minimum absolute atomic E-state index is 0.0818. The normalized spacial score (nSPS) is 18.1. The molecule has 1 aliphatic heterocycles. The average Bonchev–Trinajstić information content (AvgIpc) is 3.12. The first-order valence-corrected chi connectivity index (χ1v) is 10.7. The Morgan fingerprint density at radius 2 is 1.97 bits per heavy atom. The van der Waals surface area contributed by atoms with E-state index in [0.29, 0.717) is 10.2 Å². The summed E-state index contributed by atoms with van der Waals surface area (Å²) < 4.78 is 1.88. The lowest BCUT2D eigenvalue weighted by Gasteiger charge is -2.33. The molecule has 0 aliphatic carbocycles. The number of benzene rings is 2. The second-order valence-electron chi connectivity index (χ2n) is 7.09. The first-order valence-electron chi connectivity index (χ1n) is 9.47. The number of anilines is 1. The van der Waals surface area contributed by atoms with Gasteiger partial charge in [-0.3, -0.25) is 4.79 Å². The van der Waals surface area contributed by atoms with Crippen LogP contribution < -0.4 is 10.7 Å². The number of thioether (sulfide) groups is 1. The summed E-state index contributed by atoms with van der Waals surface area (Å²) in [6, 6.07) is 13.3. The maximum Gasteiger partial charge on any atom is 0.240 e. The molecular weight excluding hydrogens is 406 g/mol. The Bertz CT molecular complexity index is 1050. The molecule has 0 spiro atoms. The van der Waals surface area contributed by atoms with Gasteiger partial charge in [0.1, 0.15) is 5.25 Å². The quantitative estimate of drug-likeness (QED) is 0.641. The molecule has 8 heteroatoms. The third kappa shape index (κ3) is 3.97. The van der Waals surface area contributed by atoms with Crippen molar-refractivity contribution < 1.29 is 4.79 Å². The van der Waals surface area contributed by atoms with E-state index in [1.54, 1.807) is 0 Å². The molecule has 4 rings (SSSR count). The highest BCUT2D eigenvalue weighted by Gasteiger charge is 2.37. The summed E-state index contributed by atoms with van der Waals surface area (Å²) in [5.41, 5.74) is 7.43. The van der Waals surface area contributed by atoms with E-state index >= 15 is 0 Å². The fourth-order valence-electron chi connectivity index (χ4n) is 3.41. The van der Waals surface area contributed by atoms with Gasteiger partial charge in [-0.1, -0.05) is 60.1 Å². The number of rotatable bonds is 4. The molecule has 0 saturated carbocycles. The third-order valence-corrected chi connectivity index (χ3v) is 6.41. The molecule has 2 atom stereocenters. The van der Waals surface area contributed by atoms with Crippen molar-refractivity contribution in [3.63, 3.8) is 0 Å². The Balaban J connectivity index is 1.67. The largest absolute Gasteiger partial charge is 0.325 e. The van der Waals surface area contributed by atoms with Gasteiger partial charge in [-0.15, -0.1) is 10.2 Å². The number of hydrogen-bond acceptors (Lipinski definition) is 5. The zero-order valence-corrected chi connectivity index (χ0v) is 18.0. The summed E-state index contributed by atoms with van der Waals surface area (Å²) in [6.07, 6.45) is 0.743. The van der Waals surface area contributed by atoms with Crippen LogP contribution in [-0.2, 0) is 11.2 Å². The molecule has 1 aliphatic rings. The third-order valence-electron chi connectivity index (χ3n) is 4.95. The Kier molecular flexibility index (Phi) is 5.52. The average molecular weight is 428 g/mol. The van der Waals surface area contributed by atoms with Crippen LogP contribution in [0.25, 0.3) is 0 Å². The van der Waals surface area contributed by atoms with Crippen LogP contribution in [0.5, 0.6) is 0 Å². The van der Waals surface area contributed by atoms with E-state index in [4.69, 9.17) is 11.6 Å². The number of nitrogens with zero attached hydrogens (tertiary/aromatic N) is 3. The van der Waals surface area contributed by atoms with Crippen molar-refractivity contribution >= 4 is 35.0 Å². The highest BCUT2D eigenvalue weighted by Crippen LogP contribution is 2.38. The molecule has 1 aromatic heterocycles. The summed E-state index contributed by atoms with van der Waals surface area (Å²) in [6.45, 7) is 6.06. The first-order chi connectivity index (χ1) is 14.0. The Morgan fingerprint density at radius 3 is 2.66 bits per heavy atom. The fraction of sp³-hybridized carbons (Fsp3) is 0.286. The maximum atomic E-state index is 13.3. The van der Waals surface area contributed by atoms with Gasteiger partial charge >= 0.3 is 0 Å². The molecule has 6 nitrogen and oxygen atoms in total. The lowest BCUT2D eigenvalue weighted by atomic mass is 10.0. The molecule has 0 fully saturated rings. The lowest BCUT2D eigenvalue weighted by Crippen LogP contribution is -2.41. The molecule has 0 unspecified atom stereocenters. The standard InChI is InChI=1S/C21H22ClN5OS/c1-4-17-24-25-21-27(17)26-18(14-6-8-15(22)9-7-14)19(29-21)20(28)23-16-10-5-12(2)11-13(16)3/h5-11,18-19,26H,4H2,1-3H3,(H,23,28)/t18-,19+/m1/s1. The van der Waals surface area contributed by atoms with Crippen molar-refractivity contribution in [1.29, 1.82) is 0 Å². The van der Waals surface area contributed by atoms with Gasteiger partial charge in [0.2, 0.25) is 11.1 Å². The SMILES string of the molecule is CCc1nnc2n1N[C@H](c1ccc(Cl)cc1)[C@@H](C(=O)Nc1ccc(C)cc1C)S2. The maximum absolute atomic E-state index is 13.3. The summed E-state index contributed by atoms with van der Waals surface area (Å²) in [5, 5.41) is 12.5. The van der Waals surface area contributed by atoms with Crippen molar-refractivity contribution in [2.75, 3.05) is 10.7 Å². The van der Waals surface area contributed by atoms with Gasteiger partial charge in [-0.2, -0.15) is 0 Å². The smallest absolute Gasteiger partial charge is 0.240 e. The molecule has 2 N–H and O–H groups in total. The van der Waals surface area contributed by atoms with E-state index in [9.17, 15) is 4.79 Å². The second kappa shape index (κ2) is 8.08. The summed E-state index contributed by atoms with van der Waals surface area (Å²) >= 11 is 7.49. The summed E-state index contributed by atoms with van der Waals surface area (Å²) in [5.74, 6) is 0.751. The van der Waals surface area contributed by atoms with Gasteiger partial charge in [0.15, 0.2) is 5.82 Å². The van der Waals surface area contributed by atoms with E-state index in [1.165, 1.54) is 11.8 Å². The zero-order valence-electron chi connectivity index (χ0n) is 16.4. The highest BCUT2D eigenvalue weighted by atomic mass is 35.5. The molecule has 150 valence electrons. The Labute approximate surface area is 179 Å². The van der Waals surface area contributed by atoms with Gasteiger partial charge in [-0.25, -0.2) is 4.68 Å². The Morgan fingerprint density at radius 1 is 1.21 bits per heavy atom. The zero-order chi connectivity index (χ0) is 20.5. The molecular formula is C21H22ClN5OS.